The first-order valence-electron chi connectivity index (χ1n) is 10.8. The number of aromatic nitrogens is 2. The van der Waals surface area contributed by atoms with E-state index in [0.29, 0.717) is 12.1 Å². The van der Waals surface area contributed by atoms with E-state index in [-0.39, 0.29) is 7.43 Å². The summed E-state index contributed by atoms with van der Waals surface area (Å²) in [7, 11) is 0. The van der Waals surface area contributed by atoms with E-state index in [9.17, 15) is 0 Å². The Hall–Kier alpha value is -2.48. The molecule has 4 aromatic rings. The SMILES string of the molecule is C.CC/C(C)=C\c1c(C)n2c3c1ccc1c4cc(C)ccc4n(c13)C1CCC2C1. The summed E-state index contributed by atoms with van der Waals surface area (Å²) < 4.78 is 5.41. The molecule has 0 N–H and O–H groups in total. The lowest BCUT2D eigenvalue weighted by atomic mass is 10.0. The molecule has 2 nitrogen and oxygen atoms in total. The van der Waals surface area contributed by atoms with Crippen molar-refractivity contribution in [2.75, 3.05) is 0 Å². The van der Waals surface area contributed by atoms with Crippen LogP contribution in [0.25, 0.3) is 38.8 Å². The fourth-order valence-corrected chi connectivity index (χ4v) is 5.96. The smallest absolute Gasteiger partial charge is 0.0741 e. The summed E-state index contributed by atoms with van der Waals surface area (Å²) in [5, 5.41) is 4.29. The van der Waals surface area contributed by atoms with E-state index in [1.165, 1.54) is 74.4 Å². The van der Waals surface area contributed by atoms with Gasteiger partial charge >= 0.3 is 0 Å². The standard InChI is InChI=1S/C26H28N2.CH4/c1-5-15(2)12-22-17(4)27-18-7-8-19(14-18)28-24-11-6-16(3)13-23(24)21-10-9-20(22)25(27)26(21)28;/h6,9-13,18-19H,5,7-8,14H2,1-4H3;1H4/b15-12-;. The third kappa shape index (κ3) is 2.29. The van der Waals surface area contributed by atoms with Crippen molar-refractivity contribution in [2.24, 2.45) is 0 Å². The first-order chi connectivity index (χ1) is 13.6. The zero-order chi connectivity index (χ0) is 19.2. The van der Waals surface area contributed by atoms with E-state index < -0.39 is 0 Å². The van der Waals surface area contributed by atoms with E-state index in [0.717, 1.165) is 6.42 Å². The van der Waals surface area contributed by atoms with Crippen molar-refractivity contribution in [3.8, 4) is 0 Å². The molecule has 2 unspecified atom stereocenters. The molecule has 2 bridgehead atoms. The van der Waals surface area contributed by atoms with Gasteiger partial charge < -0.3 is 9.13 Å². The maximum absolute atomic E-state index is 2.71. The van der Waals surface area contributed by atoms with Gasteiger partial charge in [0.25, 0.3) is 0 Å². The second-order valence-corrected chi connectivity index (χ2v) is 9.08. The lowest BCUT2D eigenvalue weighted by molar-refractivity contribution is 0.494. The van der Waals surface area contributed by atoms with Gasteiger partial charge in [-0.15, -0.1) is 0 Å². The molecule has 2 heteroatoms. The molecule has 0 spiro atoms. The number of aryl methyl sites for hydroxylation is 1. The van der Waals surface area contributed by atoms with E-state index in [4.69, 9.17) is 0 Å². The van der Waals surface area contributed by atoms with Crippen molar-refractivity contribution in [1.82, 2.24) is 9.13 Å². The lowest BCUT2D eigenvalue weighted by Crippen LogP contribution is -2.06. The highest BCUT2D eigenvalue weighted by Gasteiger charge is 2.35. The molecule has 29 heavy (non-hydrogen) atoms. The van der Waals surface area contributed by atoms with E-state index in [1.54, 1.807) is 0 Å². The molecule has 0 amide bonds. The van der Waals surface area contributed by atoms with Crippen LogP contribution in [0.1, 0.15) is 75.9 Å². The molecule has 150 valence electrons. The van der Waals surface area contributed by atoms with Crippen molar-refractivity contribution in [3.05, 3.63) is 52.7 Å². The Morgan fingerprint density at radius 1 is 0.966 bits per heavy atom. The molecular weight excluding hydrogens is 352 g/mol. The fraction of sp³-hybridized carbons (Fsp3) is 0.407. The highest BCUT2D eigenvalue weighted by atomic mass is 15.1. The average molecular weight is 385 g/mol. The van der Waals surface area contributed by atoms with Crippen LogP contribution < -0.4 is 0 Å². The number of rotatable bonds is 2. The molecule has 2 aliphatic rings. The summed E-state index contributed by atoms with van der Waals surface area (Å²) in [5.41, 5.74) is 10.1. The summed E-state index contributed by atoms with van der Waals surface area (Å²) in [6.07, 6.45) is 7.41. The molecule has 2 aromatic carbocycles. The summed E-state index contributed by atoms with van der Waals surface area (Å²) in [5.74, 6) is 0. The zero-order valence-electron chi connectivity index (χ0n) is 17.3. The largest absolute Gasteiger partial charge is 0.339 e. The van der Waals surface area contributed by atoms with E-state index >= 15 is 0 Å². The summed E-state index contributed by atoms with van der Waals surface area (Å²) in [4.78, 5) is 0. The summed E-state index contributed by atoms with van der Waals surface area (Å²) in [6, 6.07) is 13.1. The number of benzene rings is 2. The number of hydrogen-bond donors (Lipinski definition) is 0. The van der Waals surface area contributed by atoms with Crippen molar-refractivity contribution in [3.63, 3.8) is 0 Å². The van der Waals surface area contributed by atoms with Crippen molar-refractivity contribution in [1.29, 1.82) is 0 Å². The quantitative estimate of drug-likeness (QED) is 0.330. The minimum atomic E-state index is 0. The minimum absolute atomic E-state index is 0. The lowest BCUT2D eigenvalue weighted by Gasteiger charge is -2.16. The third-order valence-electron chi connectivity index (χ3n) is 7.43. The molecule has 0 saturated heterocycles. The van der Waals surface area contributed by atoms with E-state index in [1.807, 2.05) is 0 Å². The van der Waals surface area contributed by atoms with Gasteiger partial charge in [-0.25, -0.2) is 0 Å². The Kier molecular flexibility index (Phi) is 4.00. The van der Waals surface area contributed by atoms with Crippen LogP contribution in [-0.4, -0.2) is 9.13 Å². The van der Waals surface area contributed by atoms with Crippen LogP contribution in [0.15, 0.2) is 35.9 Å². The number of fused-ring (bicyclic) bond motifs is 7. The fourth-order valence-electron chi connectivity index (χ4n) is 5.96. The van der Waals surface area contributed by atoms with Crippen LogP contribution in [0.3, 0.4) is 0 Å². The first-order valence-corrected chi connectivity index (χ1v) is 10.8. The van der Waals surface area contributed by atoms with Crippen molar-refractivity contribution < 1.29 is 0 Å². The van der Waals surface area contributed by atoms with Gasteiger partial charge in [-0.2, -0.15) is 0 Å². The Balaban J connectivity index is 0.00000181. The van der Waals surface area contributed by atoms with Crippen LogP contribution >= 0.6 is 0 Å². The van der Waals surface area contributed by atoms with Gasteiger partial charge in [0.2, 0.25) is 0 Å². The average Bonchev–Trinajstić information content (AvgIpc) is 3.31. The van der Waals surface area contributed by atoms with Gasteiger partial charge in [-0.05, 0) is 58.6 Å². The van der Waals surface area contributed by atoms with Crippen LogP contribution in [0.2, 0.25) is 0 Å². The highest BCUT2D eigenvalue weighted by Crippen LogP contribution is 2.50. The van der Waals surface area contributed by atoms with Gasteiger partial charge in [-0.3, -0.25) is 0 Å². The topological polar surface area (TPSA) is 9.86 Å². The predicted octanol–water partition coefficient (Wildman–Crippen LogP) is 8.10. The molecule has 3 heterocycles. The van der Waals surface area contributed by atoms with Gasteiger partial charge in [0.15, 0.2) is 0 Å². The molecule has 2 aromatic heterocycles. The van der Waals surface area contributed by atoms with E-state index in [2.05, 4.69) is 73.2 Å². The minimum Gasteiger partial charge on any atom is -0.339 e. The zero-order valence-corrected chi connectivity index (χ0v) is 17.3. The van der Waals surface area contributed by atoms with Gasteiger partial charge in [-0.1, -0.05) is 49.8 Å². The third-order valence-corrected chi connectivity index (χ3v) is 7.43. The molecule has 0 radical (unpaired) electrons. The maximum Gasteiger partial charge on any atom is 0.0741 e. The molecule has 1 fully saturated rings. The maximum atomic E-state index is 2.71. The summed E-state index contributed by atoms with van der Waals surface area (Å²) >= 11 is 0. The normalized spacial score (nSPS) is 20.8. The monoisotopic (exact) mass is 384 g/mol. The molecule has 1 aliphatic heterocycles. The van der Waals surface area contributed by atoms with Crippen molar-refractivity contribution in [2.45, 2.75) is 72.9 Å². The van der Waals surface area contributed by atoms with Gasteiger partial charge in [0, 0.05) is 45.0 Å². The molecule has 1 saturated carbocycles. The molecule has 6 rings (SSSR count). The van der Waals surface area contributed by atoms with Gasteiger partial charge in [0.1, 0.15) is 0 Å². The van der Waals surface area contributed by atoms with Crippen LogP contribution in [0.4, 0.5) is 0 Å². The Bertz CT molecular complexity index is 1310. The molecule has 1 aliphatic carbocycles. The number of nitrogens with zero attached hydrogens (tertiary/aromatic N) is 2. The molecule has 2 atom stereocenters. The summed E-state index contributed by atoms with van der Waals surface area (Å²) in [6.45, 7) is 9.07. The van der Waals surface area contributed by atoms with Crippen LogP contribution in [-0.2, 0) is 0 Å². The number of allylic oxidation sites excluding steroid dienone is 1. The Morgan fingerprint density at radius 3 is 2.41 bits per heavy atom. The first kappa shape index (κ1) is 18.5. The number of hydrogen-bond acceptors (Lipinski definition) is 0. The highest BCUT2D eigenvalue weighted by molar-refractivity contribution is 6.18. The second kappa shape index (κ2) is 6.26. The van der Waals surface area contributed by atoms with Crippen LogP contribution in [0.5, 0.6) is 0 Å². The van der Waals surface area contributed by atoms with Crippen LogP contribution in [0, 0.1) is 13.8 Å². The predicted molar refractivity (Wildman–Crippen MR) is 127 cm³/mol. The Morgan fingerprint density at radius 2 is 1.66 bits per heavy atom. The van der Waals surface area contributed by atoms with Crippen molar-refractivity contribution >= 4 is 38.8 Å². The second-order valence-electron chi connectivity index (χ2n) is 9.08. The Labute approximate surface area is 173 Å². The van der Waals surface area contributed by atoms with Gasteiger partial charge in [0.05, 0.1) is 11.0 Å². The molecular formula is C27H32N2.